The quantitative estimate of drug-likeness (QED) is 0.469. The summed E-state index contributed by atoms with van der Waals surface area (Å²) in [5.41, 5.74) is 5.61. The number of ether oxygens (including phenoxy) is 3. The van der Waals surface area contributed by atoms with Gasteiger partial charge in [0.15, 0.2) is 16.6 Å². The molecular formula is C18H21N3O3S. The molecule has 2 aromatic carbocycles. The predicted molar refractivity (Wildman–Crippen MR) is 104 cm³/mol. The summed E-state index contributed by atoms with van der Waals surface area (Å²) in [5.74, 6) is 1.65. The van der Waals surface area contributed by atoms with Crippen LogP contribution in [0.4, 0.5) is 5.69 Å². The second-order valence-corrected chi connectivity index (χ2v) is 5.56. The molecule has 0 aliphatic rings. The van der Waals surface area contributed by atoms with E-state index in [9.17, 15) is 0 Å². The maximum absolute atomic E-state index is 5.31. The highest BCUT2D eigenvalue weighted by Crippen LogP contribution is 2.37. The van der Waals surface area contributed by atoms with Gasteiger partial charge in [-0.05, 0) is 49.0 Å². The fourth-order valence-electron chi connectivity index (χ4n) is 2.22. The van der Waals surface area contributed by atoms with Crippen molar-refractivity contribution in [2.45, 2.75) is 6.92 Å². The standard InChI is InChI=1S/C18H21N3O3S/c1-12-6-5-7-14(8-12)20-18(25)21-19-11-13-9-15(22-2)17(24-4)16(10-13)23-3/h5-11H,1-4H3,(H2,20,21,25). The Bertz CT molecular complexity index is 753. The maximum Gasteiger partial charge on any atom is 0.203 e. The highest BCUT2D eigenvalue weighted by atomic mass is 32.1. The number of nitrogens with one attached hydrogen (secondary N) is 2. The molecule has 6 nitrogen and oxygen atoms in total. The van der Waals surface area contributed by atoms with Gasteiger partial charge in [-0.15, -0.1) is 0 Å². The lowest BCUT2D eigenvalue weighted by Gasteiger charge is -2.12. The van der Waals surface area contributed by atoms with E-state index < -0.39 is 0 Å². The Morgan fingerprint density at radius 1 is 1.04 bits per heavy atom. The minimum absolute atomic E-state index is 0.397. The van der Waals surface area contributed by atoms with Gasteiger partial charge in [-0.2, -0.15) is 5.10 Å². The van der Waals surface area contributed by atoms with Crippen molar-refractivity contribution in [1.29, 1.82) is 0 Å². The third-order valence-electron chi connectivity index (χ3n) is 3.34. The summed E-state index contributed by atoms with van der Waals surface area (Å²) in [6.07, 6.45) is 1.62. The molecule has 2 rings (SSSR count). The Morgan fingerprint density at radius 3 is 2.28 bits per heavy atom. The fraction of sp³-hybridized carbons (Fsp3) is 0.222. The lowest BCUT2D eigenvalue weighted by atomic mass is 10.2. The second-order valence-electron chi connectivity index (χ2n) is 5.15. The number of nitrogens with zero attached hydrogens (tertiary/aromatic N) is 1. The van der Waals surface area contributed by atoms with Gasteiger partial charge < -0.3 is 19.5 Å². The Hall–Kier alpha value is -2.80. The van der Waals surface area contributed by atoms with Crippen LogP contribution in [0.15, 0.2) is 41.5 Å². The van der Waals surface area contributed by atoms with E-state index >= 15 is 0 Å². The average Bonchev–Trinajstić information content (AvgIpc) is 2.60. The number of methoxy groups -OCH3 is 3. The third-order valence-corrected chi connectivity index (χ3v) is 3.54. The molecule has 132 valence electrons. The lowest BCUT2D eigenvalue weighted by Crippen LogP contribution is -2.23. The van der Waals surface area contributed by atoms with Crippen LogP contribution in [0.5, 0.6) is 17.2 Å². The number of rotatable bonds is 6. The predicted octanol–water partition coefficient (Wildman–Crippen LogP) is 3.34. The van der Waals surface area contributed by atoms with E-state index in [4.69, 9.17) is 26.4 Å². The van der Waals surface area contributed by atoms with Crippen LogP contribution in [0.3, 0.4) is 0 Å². The molecule has 0 atom stereocenters. The molecule has 0 saturated carbocycles. The molecule has 0 amide bonds. The van der Waals surface area contributed by atoms with Gasteiger partial charge in [0.05, 0.1) is 27.5 Å². The van der Waals surface area contributed by atoms with Crippen LogP contribution >= 0.6 is 12.2 Å². The van der Waals surface area contributed by atoms with Crippen molar-refractivity contribution in [3.05, 3.63) is 47.5 Å². The summed E-state index contributed by atoms with van der Waals surface area (Å²) in [5, 5.41) is 7.60. The van der Waals surface area contributed by atoms with E-state index in [0.717, 1.165) is 16.8 Å². The molecule has 0 fully saturated rings. The molecule has 0 aliphatic carbocycles. The second kappa shape index (κ2) is 8.89. The number of hydrogen-bond donors (Lipinski definition) is 2. The van der Waals surface area contributed by atoms with Crippen molar-refractivity contribution in [2.75, 3.05) is 26.6 Å². The average molecular weight is 359 g/mol. The van der Waals surface area contributed by atoms with Crippen LogP contribution < -0.4 is 25.0 Å². The molecule has 2 aromatic rings. The first-order chi connectivity index (χ1) is 12.1. The zero-order chi connectivity index (χ0) is 18.2. The Labute approximate surface area is 152 Å². The minimum atomic E-state index is 0.397. The molecule has 0 heterocycles. The van der Waals surface area contributed by atoms with Crippen molar-refractivity contribution in [3.63, 3.8) is 0 Å². The summed E-state index contributed by atoms with van der Waals surface area (Å²) < 4.78 is 15.9. The maximum atomic E-state index is 5.31. The molecule has 0 aromatic heterocycles. The summed E-state index contributed by atoms with van der Waals surface area (Å²) in [7, 11) is 4.69. The fourth-order valence-corrected chi connectivity index (χ4v) is 2.39. The number of hydrazone groups is 1. The summed E-state index contributed by atoms with van der Waals surface area (Å²) in [6, 6.07) is 11.5. The van der Waals surface area contributed by atoms with E-state index in [1.54, 1.807) is 39.7 Å². The van der Waals surface area contributed by atoms with Gasteiger partial charge in [0, 0.05) is 11.3 Å². The molecule has 25 heavy (non-hydrogen) atoms. The smallest absolute Gasteiger partial charge is 0.203 e. The van der Waals surface area contributed by atoms with E-state index in [1.807, 2.05) is 31.2 Å². The van der Waals surface area contributed by atoms with Gasteiger partial charge in [0.2, 0.25) is 5.75 Å². The molecule has 0 spiro atoms. The van der Waals surface area contributed by atoms with Gasteiger partial charge in [-0.3, -0.25) is 5.43 Å². The van der Waals surface area contributed by atoms with Crippen LogP contribution in [0, 0.1) is 6.92 Å². The van der Waals surface area contributed by atoms with Crippen LogP contribution in [0.2, 0.25) is 0 Å². The number of thiocarbonyl (C=S) groups is 1. The molecule has 0 unspecified atom stereocenters. The number of hydrogen-bond acceptors (Lipinski definition) is 5. The summed E-state index contributed by atoms with van der Waals surface area (Å²) >= 11 is 5.23. The van der Waals surface area contributed by atoms with E-state index in [0.29, 0.717) is 22.4 Å². The number of benzene rings is 2. The molecule has 0 radical (unpaired) electrons. The van der Waals surface area contributed by atoms with Crippen molar-refractivity contribution in [1.82, 2.24) is 5.43 Å². The molecule has 7 heteroatoms. The highest BCUT2D eigenvalue weighted by Gasteiger charge is 2.12. The lowest BCUT2D eigenvalue weighted by molar-refractivity contribution is 0.324. The minimum Gasteiger partial charge on any atom is -0.493 e. The van der Waals surface area contributed by atoms with E-state index in [-0.39, 0.29) is 0 Å². The highest BCUT2D eigenvalue weighted by molar-refractivity contribution is 7.80. The largest absolute Gasteiger partial charge is 0.493 e. The van der Waals surface area contributed by atoms with Crippen LogP contribution in [0.25, 0.3) is 0 Å². The van der Waals surface area contributed by atoms with E-state index in [1.165, 1.54) is 0 Å². The molecule has 0 bridgehead atoms. The summed E-state index contributed by atoms with van der Waals surface area (Å²) in [4.78, 5) is 0. The number of aryl methyl sites for hydroxylation is 1. The van der Waals surface area contributed by atoms with Gasteiger partial charge in [-0.1, -0.05) is 12.1 Å². The first-order valence-corrected chi connectivity index (χ1v) is 7.95. The molecular weight excluding hydrogens is 338 g/mol. The van der Waals surface area contributed by atoms with Gasteiger partial charge in [0.25, 0.3) is 0 Å². The Kier molecular flexibility index (Phi) is 6.59. The first-order valence-electron chi connectivity index (χ1n) is 7.54. The van der Waals surface area contributed by atoms with Gasteiger partial charge in [-0.25, -0.2) is 0 Å². The monoisotopic (exact) mass is 359 g/mol. The zero-order valence-electron chi connectivity index (χ0n) is 14.6. The normalized spacial score (nSPS) is 10.4. The Morgan fingerprint density at radius 2 is 1.72 bits per heavy atom. The van der Waals surface area contributed by atoms with Crippen LogP contribution in [-0.2, 0) is 0 Å². The van der Waals surface area contributed by atoms with Gasteiger partial charge >= 0.3 is 0 Å². The Balaban J connectivity index is 2.05. The van der Waals surface area contributed by atoms with Crippen molar-refractivity contribution < 1.29 is 14.2 Å². The summed E-state index contributed by atoms with van der Waals surface area (Å²) in [6.45, 7) is 2.02. The van der Waals surface area contributed by atoms with Gasteiger partial charge in [0.1, 0.15) is 0 Å². The topological polar surface area (TPSA) is 64.1 Å². The SMILES string of the molecule is COc1cc(C=NNC(=S)Nc2cccc(C)c2)cc(OC)c1OC. The number of anilines is 1. The van der Waals surface area contributed by atoms with Crippen molar-refractivity contribution in [3.8, 4) is 17.2 Å². The van der Waals surface area contributed by atoms with Crippen molar-refractivity contribution in [2.24, 2.45) is 5.10 Å². The van der Waals surface area contributed by atoms with Crippen LogP contribution in [-0.4, -0.2) is 32.7 Å². The molecule has 2 N–H and O–H groups in total. The van der Waals surface area contributed by atoms with Crippen LogP contribution in [0.1, 0.15) is 11.1 Å². The molecule has 0 aliphatic heterocycles. The van der Waals surface area contributed by atoms with Crippen molar-refractivity contribution >= 4 is 29.2 Å². The van der Waals surface area contributed by atoms with E-state index in [2.05, 4.69) is 15.8 Å². The molecule has 0 saturated heterocycles. The zero-order valence-corrected chi connectivity index (χ0v) is 15.4. The first kappa shape index (κ1) is 18.5. The third kappa shape index (κ3) is 5.09.